The quantitative estimate of drug-likeness (QED) is 0.643. The molecule has 21 heavy (non-hydrogen) atoms. The third kappa shape index (κ3) is 6.61. The summed E-state index contributed by atoms with van der Waals surface area (Å²) in [6.07, 6.45) is 1.11. The van der Waals surface area contributed by atoms with Crippen molar-refractivity contribution in [2.24, 2.45) is 5.10 Å². The highest BCUT2D eigenvalue weighted by Crippen LogP contribution is 2.08. The van der Waals surface area contributed by atoms with Gasteiger partial charge < -0.3 is 10.1 Å². The zero-order valence-electron chi connectivity index (χ0n) is 13.0. The number of hydrazone groups is 1. The van der Waals surface area contributed by atoms with Crippen LogP contribution in [0.2, 0.25) is 0 Å². The minimum absolute atomic E-state index is 0.312. The Morgan fingerprint density at radius 3 is 2.48 bits per heavy atom. The lowest BCUT2D eigenvalue weighted by Gasteiger charge is -2.22. The van der Waals surface area contributed by atoms with Gasteiger partial charge in [0.15, 0.2) is 0 Å². The number of anilines is 1. The van der Waals surface area contributed by atoms with E-state index in [0.717, 1.165) is 5.69 Å². The summed E-state index contributed by atoms with van der Waals surface area (Å²) in [6.45, 7) is 11.0. The first-order valence-electron chi connectivity index (χ1n) is 6.82. The summed E-state index contributed by atoms with van der Waals surface area (Å²) < 4.78 is 5.21. The molecule has 0 saturated carbocycles. The van der Waals surface area contributed by atoms with Gasteiger partial charge in [-0.2, -0.15) is 5.10 Å². The lowest BCUT2D eigenvalue weighted by Crippen LogP contribution is -2.41. The Kier molecular flexibility index (Phi) is 5.96. The molecule has 1 unspecified atom stereocenters. The molecule has 0 aliphatic rings. The summed E-state index contributed by atoms with van der Waals surface area (Å²) in [5.41, 5.74) is 3.87. The van der Waals surface area contributed by atoms with Gasteiger partial charge in [0.05, 0.1) is 17.4 Å². The largest absolute Gasteiger partial charge is 0.444 e. The molecule has 0 spiro atoms. The van der Waals surface area contributed by atoms with Crippen molar-refractivity contribution < 1.29 is 9.53 Å². The third-order valence-corrected chi connectivity index (χ3v) is 2.47. The molecule has 0 radical (unpaired) electrons. The Labute approximate surface area is 126 Å². The minimum Gasteiger partial charge on any atom is -0.444 e. The molecule has 0 aliphatic carbocycles. The molecular weight excluding hydrogens is 266 g/mol. The van der Waals surface area contributed by atoms with Crippen LogP contribution < -0.4 is 10.7 Å². The topological polar surface area (TPSA) is 62.7 Å². The first-order chi connectivity index (χ1) is 9.81. The zero-order chi connectivity index (χ0) is 15.9. The predicted octanol–water partition coefficient (Wildman–Crippen LogP) is 3.55. The second-order valence-electron chi connectivity index (χ2n) is 5.59. The van der Waals surface area contributed by atoms with Crippen molar-refractivity contribution in [3.63, 3.8) is 0 Å². The SMILES string of the molecule is C=C/C(=N/Nc1ccccc1)C(C)NC(=O)OC(C)(C)C. The van der Waals surface area contributed by atoms with Crippen molar-refractivity contribution in [1.29, 1.82) is 0 Å². The number of rotatable bonds is 5. The third-order valence-electron chi connectivity index (χ3n) is 2.47. The molecule has 1 aromatic carbocycles. The standard InChI is InChI=1S/C16H23N3O2/c1-6-14(19-18-13-10-8-7-9-11-13)12(2)17-15(20)21-16(3,4)5/h6-12,18H,1H2,2-5H3,(H,17,20)/b19-14-. The molecule has 1 rings (SSSR count). The van der Waals surface area contributed by atoms with Gasteiger partial charge in [-0.15, -0.1) is 0 Å². The van der Waals surface area contributed by atoms with Crippen molar-refractivity contribution in [2.45, 2.75) is 39.3 Å². The molecule has 0 heterocycles. The van der Waals surface area contributed by atoms with E-state index in [4.69, 9.17) is 4.74 Å². The van der Waals surface area contributed by atoms with Gasteiger partial charge >= 0.3 is 6.09 Å². The highest BCUT2D eigenvalue weighted by atomic mass is 16.6. The molecule has 5 heteroatoms. The molecule has 114 valence electrons. The van der Waals surface area contributed by atoms with E-state index in [2.05, 4.69) is 22.4 Å². The number of alkyl carbamates (subject to hydrolysis) is 1. The van der Waals surface area contributed by atoms with E-state index in [9.17, 15) is 4.79 Å². The molecule has 0 bridgehead atoms. The summed E-state index contributed by atoms with van der Waals surface area (Å²) in [6, 6.07) is 9.23. The highest BCUT2D eigenvalue weighted by molar-refractivity contribution is 6.00. The van der Waals surface area contributed by atoms with Crippen molar-refractivity contribution in [3.05, 3.63) is 43.0 Å². The van der Waals surface area contributed by atoms with Crippen LogP contribution in [0.25, 0.3) is 0 Å². The van der Waals surface area contributed by atoms with Crippen LogP contribution in [0.15, 0.2) is 48.1 Å². The van der Waals surface area contributed by atoms with Crippen LogP contribution in [0.5, 0.6) is 0 Å². The van der Waals surface area contributed by atoms with Crippen molar-refractivity contribution in [2.75, 3.05) is 5.43 Å². The van der Waals surface area contributed by atoms with Gasteiger partial charge in [-0.25, -0.2) is 4.79 Å². The Bertz CT molecular complexity index is 504. The minimum atomic E-state index is -0.530. The van der Waals surface area contributed by atoms with Crippen molar-refractivity contribution in [1.82, 2.24) is 5.32 Å². The van der Waals surface area contributed by atoms with Gasteiger partial charge in [0.2, 0.25) is 0 Å². The summed E-state index contributed by atoms with van der Waals surface area (Å²) in [5, 5.41) is 6.96. The molecule has 1 atom stereocenters. The highest BCUT2D eigenvalue weighted by Gasteiger charge is 2.19. The number of ether oxygens (including phenoxy) is 1. The number of carbonyl (C=O) groups excluding carboxylic acids is 1. The maximum atomic E-state index is 11.7. The predicted molar refractivity (Wildman–Crippen MR) is 86.5 cm³/mol. The molecule has 1 aromatic rings. The first-order valence-corrected chi connectivity index (χ1v) is 6.82. The lowest BCUT2D eigenvalue weighted by molar-refractivity contribution is 0.0521. The molecule has 0 aliphatic heterocycles. The van der Waals surface area contributed by atoms with Crippen LogP contribution >= 0.6 is 0 Å². The monoisotopic (exact) mass is 289 g/mol. The van der Waals surface area contributed by atoms with E-state index in [1.54, 1.807) is 6.08 Å². The number of nitrogens with one attached hydrogen (secondary N) is 2. The Morgan fingerprint density at radius 2 is 1.95 bits per heavy atom. The summed E-state index contributed by atoms with van der Waals surface area (Å²) >= 11 is 0. The fraction of sp³-hybridized carbons (Fsp3) is 0.375. The Balaban J connectivity index is 2.62. The van der Waals surface area contributed by atoms with E-state index >= 15 is 0 Å². The van der Waals surface area contributed by atoms with Gasteiger partial charge in [-0.3, -0.25) is 5.43 Å². The van der Waals surface area contributed by atoms with Crippen molar-refractivity contribution in [3.8, 4) is 0 Å². The van der Waals surface area contributed by atoms with Gasteiger partial charge in [0.1, 0.15) is 5.60 Å². The number of para-hydroxylation sites is 1. The van der Waals surface area contributed by atoms with E-state index < -0.39 is 11.7 Å². The van der Waals surface area contributed by atoms with E-state index in [-0.39, 0.29) is 6.04 Å². The Hall–Kier alpha value is -2.30. The molecule has 0 aromatic heterocycles. The first kappa shape index (κ1) is 16.8. The van der Waals surface area contributed by atoms with Crippen LogP contribution in [0.1, 0.15) is 27.7 Å². The Morgan fingerprint density at radius 1 is 1.33 bits per heavy atom. The average Bonchev–Trinajstić information content (AvgIpc) is 2.38. The lowest BCUT2D eigenvalue weighted by atomic mass is 10.2. The number of nitrogens with zero attached hydrogens (tertiary/aromatic N) is 1. The molecule has 2 N–H and O–H groups in total. The average molecular weight is 289 g/mol. The summed E-state index contributed by atoms with van der Waals surface area (Å²) in [7, 11) is 0. The zero-order valence-corrected chi connectivity index (χ0v) is 13.0. The van der Waals surface area contributed by atoms with Crippen LogP contribution in [0.4, 0.5) is 10.5 Å². The number of carbonyl (C=O) groups is 1. The second-order valence-corrected chi connectivity index (χ2v) is 5.59. The van der Waals surface area contributed by atoms with Gasteiger partial charge in [0.25, 0.3) is 0 Å². The van der Waals surface area contributed by atoms with Crippen LogP contribution in [-0.4, -0.2) is 23.4 Å². The molecule has 1 amide bonds. The smallest absolute Gasteiger partial charge is 0.408 e. The fourth-order valence-electron chi connectivity index (χ4n) is 1.52. The molecule has 0 fully saturated rings. The van der Waals surface area contributed by atoms with Gasteiger partial charge in [0, 0.05) is 0 Å². The second kappa shape index (κ2) is 7.47. The normalized spacial score (nSPS) is 13.2. The number of hydrogen-bond donors (Lipinski definition) is 2. The van der Waals surface area contributed by atoms with E-state index in [1.807, 2.05) is 58.0 Å². The number of benzene rings is 1. The van der Waals surface area contributed by atoms with Crippen molar-refractivity contribution >= 4 is 17.5 Å². The number of amides is 1. The van der Waals surface area contributed by atoms with Gasteiger partial charge in [-0.05, 0) is 45.9 Å². The number of hydrogen-bond acceptors (Lipinski definition) is 4. The fourth-order valence-corrected chi connectivity index (χ4v) is 1.52. The summed E-state index contributed by atoms with van der Waals surface area (Å²) in [4.78, 5) is 11.7. The molecule has 5 nitrogen and oxygen atoms in total. The maximum absolute atomic E-state index is 11.7. The van der Waals surface area contributed by atoms with Gasteiger partial charge in [-0.1, -0.05) is 24.8 Å². The molecular formula is C16H23N3O2. The van der Waals surface area contributed by atoms with E-state index in [0.29, 0.717) is 5.71 Å². The summed E-state index contributed by atoms with van der Waals surface area (Å²) in [5.74, 6) is 0. The van der Waals surface area contributed by atoms with Crippen LogP contribution in [0.3, 0.4) is 0 Å². The maximum Gasteiger partial charge on any atom is 0.408 e. The van der Waals surface area contributed by atoms with Crippen LogP contribution in [0, 0.1) is 0 Å². The molecule has 0 saturated heterocycles. The van der Waals surface area contributed by atoms with E-state index in [1.165, 1.54) is 0 Å². The van der Waals surface area contributed by atoms with Crippen LogP contribution in [-0.2, 0) is 4.74 Å².